The van der Waals surface area contributed by atoms with Crippen LogP contribution in [-0.4, -0.2) is 12.3 Å². The third kappa shape index (κ3) is 1.59. The van der Waals surface area contributed by atoms with E-state index in [-0.39, 0.29) is 5.92 Å². The molecular formula is C11H10N2. The smallest absolute Gasteiger partial charge is 0.0714 e. The minimum Gasteiger partial charge on any atom is -0.288 e. The Morgan fingerprint density at radius 2 is 2.08 bits per heavy atom. The zero-order valence-electron chi connectivity index (χ0n) is 7.27. The van der Waals surface area contributed by atoms with Crippen LogP contribution in [0.2, 0.25) is 0 Å². The molecule has 13 heavy (non-hydrogen) atoms. The van der Waals surface area contributed by atoms with Gasteiger partial charge in [0.15, 0.2) is 0 Å². The van der Waals surface area contributed by atoms with E-state index in [1.165, 1.54) is 0 Å². The van der Waals surface area contributed by atoms with Crippen LogP contribution in [0, 0.1) is 17.2 Å². The van der Waals surface area contributed by atoms with Crippen LogP contribution in [0.4, 0.5) is 0 Å². The summed E-state index contributed by atoms with van der Waals surface area (Å²) in [6.07, 6.45) is 0.806. The number of nitriles is 1. The highest BCUT2D eigenvalue weighted by Crippen LogP contribution is 2.17. The highest BCUT2D eigenvalue weighted by Gasteiger charge is 2.18. The molecule has 0 aromatic heterocycles. The van der Waals surface area contributed by atoms with Gasteiger partial charge in [-0.3, -0.25) is 4.99 Å². The standard InChI is InChI=1S/C11H10N2/c12-7-9-6-11(13-8-9)10-4-2-1-3-5-10/h1-5,9H,6,8H2. The average Bonchev–Trinajstić information content (AvgIpc) is 2.67. The third-order valence-corrected chi connectivity index (χ3v) is 2.23. The van der Waals surface area contributed by atoms with E-state index in [0.717, 1.165) is 17.7 Å². The molecule has 2 heteroatoms. The molecule has 64 valence electrons. The van der Waals surface area contributed by atoms with E-state index in [1.54, 1.807) is 0 Å². The van der Waals surface area contributed by atoms with E-state index in [9.17, 15) is 0 Å². The number of rotatable bonds is 1. The maximum Gasteiger partial charge on any atom is 0.0714 e. The maximum atomic E-state index is 8.71. The Bertz CT molecular complexity index is 359. The normalized spacial score (nSPS) is 20.8. The lowest BCUT2D eigenvalue weighted by molar-refractivity contribution is 0.759. The Morgan fingerprint density at radius 3 is 2.69 bits per heavy atom. The molecule has 1 aliphatic heterocycles. The first-order valence-electron chi connectivity index (χ1n) is 4.38. The van der Waals surface area contributed by atoms with Crippen molar-refractivity contribution in [2.45, 2.75) is 6.42 Å². The molecule has 0 bridgehead atoms. The van der Waals surface area contributed by atoms with Gasteiger partial charge in [-0.1, -0.05) is 30.3 Å². The van der Waals surface area contributed by atoms with Crippen molar-refractivity contribution in [3.8, 4) is 6.07 Å². The zero-order chi connectivity index (χ0) is 9.10. The molecule has 1 unspecified atom stereocenters. The predicted molar refractivity (Wildman–Crippen MR) is 51.6 cm³/mol. The first-order chi connectivity index (χ1) is 6.40. The predicted octanol–water partition coefficient (Wildman–Crippen LogP) is 2.02. The van der Waals surface area contributed by atoms with Crippen molar-refractivity contribution in [1.29, 1.82) is 5.26 Å². The van der Waals surface area contributed by atoms with Crippen LogP contribution in [0.15, 0.2) is 35.3 Å². The number of hydrogen-bond acceptors (Lipinski definition) is 2. The Kier molecular flexibility index (Phi) is 2.09. The summed E-state index contributed by atoms with van der Waals surface area (Å²) in [5.41, 5.74) is 2.23. The summed E-state index contributed by atoms with van der Waals surface area (Å²) in [5.74, 6) is 0.0928. The summed E-state index contributed by atoms with van der Waals surface area (Å²) >= 11 is 0. The molecule has 1 aromatic carbocycles. The van der Waals surface area contributed by atoms with Gasteiger partial charge in [0.05, 0.1) is 18.5 Å². The van der Waals surface area contributed by atoms with Crippen molar-refractivity contribution in [2.24, 2.45) is 10.9 Å². The molecule has 1 aliphatic rings. The quantitative estimate of drug-likeness (QED) is 0.635. The minimum atomic E-state index is 0.0928. The van der Waals surface area contributed by atoms with Gasteiger partial charge in [0.25, 0.3) is 0 Å². The fourth-order valence-electron chi connectivity index (χ4n) is 1.51. The maximum absolute atomic E-state index is 8.71. The van der Waals surface area contributed by atoms with Crippen molar-refractivity contribution < 1.29 is 0 Å². The molecule has 1 aromatic rings. The number of nitrogens with zero attached hydrogens (tertiary/aromatic N) is 2. The molecule has 0 fully saturated rings. The van der Waals surface area contributed by atoms with Crippen molar-refractivity contribution in [3.05, 3.63) is 35.9 Å². The summed E-state index contributed by atoms with van der Waals surface area (Å²) in [6, 6.07) is 12.3. The topological polar surface area (TPSA) is 36.1 Å². The van der Waals surface area contributed by atoms with E-state index >= 15 is 0 Å². The summed E-state index contributed by atoms with van der Waals surface area (Å²) in [4.78, 5) is 4.35. The second-order valence-corrected chi connectivity index (χ2v) is 3.18. The molecule has 0 radical (unpaired) electrons. The molecule has 2 rings (SSSR count). The van der Waals surface area contributed by atoms with Gasteiger partial charge in [-0.25, -0.2) is 0 Å². The Labute approximate surface area is 77.5 Å². The van der Waals surface area contributed by atoms with E-state index < -0.39 is 0 Å². The monoisotopic (exact) mass is 170 g/mol. The molecule has 0 N–H and O–H groups in total. The van der Waals surface area contributed by atoms with Crippen molar-refractivity contribution >= 4 is 5.71 Å². The fourth-order valence-corrected chi connectivity index (χ4v) is 1.51. The number of hydrogen-bond donors (Lipinski definition) is 0. The molecule has 2 nitrogen and oxygen atoms in total. The van der Waals surface area contributed by atoms with Gasteiger partial charge in [0.1, 0.15) is 0 Å². The summed E-state index contributed by atoms with van der Waals surface area (Å²) in [7, 11) is 0. The van der Waals surface area contributed by atoms with Gasteiger partial charge in [0.2, 0.25) is 0 Å². The van der Waals surface area contributed by atoms with Gasteiger partial charge in [-0.05, 0) is 5.56 Å². The van der Waals surface area contributed by atoms with Crippen LogP contribution < -0.4 is 0 Å². The largest absolute Gasteiger partial charge is 0.288 e. The van der Waals surface area contributed by atoms with E-state index in [1.807, 2.05) is 30.3 Å². The van der Waals surface area contributed by atoms with E-state index in [2.05, 4.69) is 11.1 Å². The van der Waals surface area contributed by atoms with Crippen molar-refractivity contribution in [3.63, 3.8) is 0 Å². The second-order valence-electron chi connectivity index (χ2n) is 3.18. The summed E-state index contributed by atoms with van der Waals surface area (Å²) in [6.45, 7) is 0.667. The van der Waals surface area contributed by atoms with Crippen molar-refractivity contribution in [2.75, 3.05) is 6.54 Å². The second kappa shape index (κ2) is 3.40. The van der Waals surface area contributed by atoms with E-state index in [4.69, 9.17) is 5.26 Å². The summed E-state index contributed by atoms with van der Waals surface area (Å²) < 4.78 is 0. The fraction of sp³-hybridized carbons (Fsp3) is 0.273. The van der Waals surface area contributed by atoms with Gasteiger partial charge >= 0.3 is 0 Å². The Hall–Kier alpha value is -1.62. The first kappa shape index (κ1) is 8.00. The molecule has 0 spiro atoms. The first-order valence-corrected chi connectivity index (χ1v) is 4.38. The van der Waals surface area contributed by atoms with Gasteiger partial charge in [-0.2, -0.15) is 5.26 Å². The highest BCUT2D eigenvalue weighted by molar-refractivity contribution is 6.01. The highest BCUT2D eigenvalue weighted by atomic mass is 14.8. The lowest BCUT2D eigenvalue weighted by Crippen LogP contribution is -2.00. The molecule has 1 heterocycles. The molecule has 0 saturated heterocycles. The lowest BCUT2D eigenvalue weighted by atomic mass is 10.0. The van der Waals surface area contributed by atoms with Crippen LogP contribution in [0.1, 0.15) is 12.0 Å². The number of benzene rings is 1. The molecular weight excluding hydrogens is 160 g/mol. The Balaban J connectivity index is 2.18. The van der Waals surface area contributed by atoms with Crippen LogP contribution in [0.5, 0.6) is 0 Å². The Morgan fingerprint density at radius 1 is 1.31 bits per heavy atom. The molecule has 0 aliphatic carbocycles. The van der Waals surface area contributed by atoms with Gasteiger partial charge < -0.3 is 0 Å². The van der Waals surface area contributed by atoms with Crippen molar-refractivity contribution in [1.82, 2.24) is 0 Å². The number of aliphatic imine (C=N–C) groups is 1. The third-order valence-electron chi connectivity index (χ3n) is 2.23. The van der Waals surface area contributed by atoms with Gasteiger partial charge in [-0.15, -0.1) is 0 Å². The zero-order valence-corrected chi connectivity index (χ0v) is 7.27. The van der Waals surface area contributed by atoms with Crippen LogP contribution >= 0.6 is 0 Å². The van der Waals surface area contributed by atoms with Crippen LogP contribution in [0.25, 0.3) is 0 Å². The minimum absolute atomic E-state index is 0.0928. The lowest BCUT2D eigenvalue weighted by Gasteiger charge is -1.99. The SMILES string of the molecule is N#CC1CN=C(c2ccccc2)C1. The van der Waals surface area contributed by atoms with Crippen LogP contribution in [-0.2, 0) is 0 Å². The van der Waals surface area contributed by atoms with E-state index in [0.29, 0.717) is 6.54 Å². The molecule has 0 amide bonds. The molecule has 0 saturated carbocycles. The van der Waals surface area contributed by atoms with Gasteiger partial charge in [0, 0.05) is 12.1 Å². The average molecular weight is 170 g/mol. The summed E-state index contributed by atoms with van der Waals surface area (Å²) in [5, 5.41) is 8.71. The molecule has 1 atom stereocenters. The van der Waals surface area contributed by atoms with Crippen LogP contribution in [0.3, 0.4) is 0 Å².